The van der Waals surface area contributed by atoms with Crippen molar-refractivity contribution < 1.29 is 0 Å². The molecule has 114 valence electrons. The average molecular weight is 301 g/mol. The van der Waals surface area contributed by atoms with Gasteiger partial charge in [0.1, 0.15) is 0 Å². The van der Waals surface area contributed by atoms with Crippen LogP contribution >= 0.6 is 11.3 Å². The van der Waals surface area contributed by atoms with Crippen LogP contribution in [0.2, 0.25) is 0 Å². The Morgan fingerprint density at radius 2 is 1.76 bits per heavy atom. The highest BCUT2D eigenvalue weighted by atomic mass is 32.1. The number of thiophene rings is 1. The van der Waals surface area contributed by atoms with Gasteiger partial charge in [-0.2, -0.15) is 0 Å². The molecule has 0 fully saturated rings. The van der Waals surface area contributed by atoms with Crippen molar-refractivity contribution in [3.8, 4) is 0 Å². The van der Waals surface area contributed by atoms with Crippen LogP contribution in [-0.4, -0.2) is 0 Å². The fourth-order valence-corrected chi connectivity index (χ4v) is 3.57. The summed E-state index contributed by atoms with van der Waals surface area (Å²) in [6.07, 6.45) is 1.14. The van der Waals surface area contributed by atoms with Gasteiger partial charge in [0.2, 0.25) is 0 Å². The number of nitrogens with one attached hydrogen (secondary N) is 1. The summed E-state index contributed by atoms with van der Waals surface area (Å²) in [5.74, 6) is 0. The van der Waals surface area contributed by atoms with Crippen molar-refractivity contribution in [3.63, 3.8) is 0 Å². The lowest BCUT2D eigenvalue weighted by Gasteiger charge is -2.27. The molecule has 1 heterocycles. The van der Waals surface area contributed by atoms with E-state index in [1.165, 1.54) is 20.9 Å². The van der Waals surface area contributed by atoms with Crippen molar-refractivity contribution in [1.82, 2.24) is 5.32 Å². The fourth-order valence-electron chi connectivity index (χ4n) is 2.57. The van der Waals surface area contributed by atoms with E-state index in [1.807, 2.05) is 11.3 Å². The number of aryl methyl sites for hydroxylation is 2. The van der Waals surface area contributed by atoms with Crippen LogP contribution in [0.25, 0.3) is 0 Å². The van der Waals surface area contributed by atoms with Crippen molar-refractivity contribution in [3.05, 3.63) is 57.3 Å². The van der Waals surface area contributed by atoms with E-state index in [-0.39, 0.29) is 0 Å². The van der Waals surface area contributed by atoms with Crippen LogP contribution in [0.4, 0.5) is 0 Å². The maximum absolute atomic E-state index is 3.76. The van der Waals surface area contributed by atoms with E-state index in [2.05, 4.69) is 76.3 Å². The molecule has 1 unspecified atom stereocenters. The van der Waals surface area contributed by atoms with Crippen LogP contribution < -0.4 is 5.32 Å². The fraction of sp³-hybridized carbons (Fsp3) is 0.474. The van der Waals surface area contributed by atoms with Crippen LogP contribution in [0.5, 0.6) is 0 Å². The summed E-state index contributed by atoms with van der Waals surface area (Å²) in [6, 6.07) is 13.5. The molecule has 0 aliphatic heterocycles. The van der Waals surface area contributed by atoms with Crippen molar-refractivity contribution in [2.45, 2.75) is 53.6 Å². The Kier molecular flexibility index (Phi) is 5.23. The molecule has 0 spiro atoms. The largest absolute Gasteiger partial charge is 0.305 e. The Balaban J connectivity index is 2.09. The summed E-state index contributed by atoms with van der Waals surface area (Å²) in [5, 5.41) is 3.76. The Morgan fingerprint density at radius 1 is 1.10 bits per heavy atom. The van der Waals surface area contributed by atoms with E-state index >= 15 is 0 Å². The van der Waals surface area contributed by atoms with Crippen LogP contribution in [0.1, 0.15) is 54.1 Å². The summed E-state index contributed by atoms with van der Waals surface area (Å²) in [4.78, 5) is 2.86. The molecule has 1 atom stereocenters. The van der Waals surface area contributed by atoms with Crippen molar-refractivity contribution in [2.75, 3.05) is 0 Å². The van der Waals surface area contributed by atoms with Gasteiger partial charge < -0.3 is 5.32 Å². The van der Waals surface area contributed by atoms with Gasteiger partial charge in [0, 0.05) is 22.3 Å². The predicted molar refractivity (Wildman–Crippen MR) is 93.9 cm³/mol. The lowest BCUT2D eigenvalue weighted by atomic mass is 9.85. The van der Waals surface area contributed by atoms with E-state index < -0.39 is 0 Å². The summed E-state index contributed by atoms with van der Waals surface area (Å²) in [5.41, 5.74) is 3.11. The first kappa shape index (κ1) is 16.3. The Labute approximate surface area is 133 Å². The molecule has 0 aliphatic carbocycles. The molecule has 0 amide bonds. The van der Waals surface area contributed by atoms with Gasteiger partial charge in [0.25, 0.3) is 0 Å². The molecule has 2 rings (SSSR count). The van der Waals surface area contributed by atoms with E-state index in [4.69, 9.17) is 0 Å². The highest BCUT2D eigenvalue weighted by Gasteiger charge is 2.20. The normalized spacial score (nSPS) is 13.4. The first-order chi connectivity index (χ1) is 9.85. The number of hydrogen-bond acceptors (Lipinski definition) is 2. The second kappa shape index (κ2) is 6.76. The second-order valence-corrected chi connectivity index (χ2v) is 8.40. The Bertz CT molecular complexity index is 543. The van der Waals surface area contributed by atoms with Crippen LogP contribution in [0.15, 0.2) is 36.4 Å². The summed E-state index contributed by atoms with van der Waals surface area (Å²) in [6.45, 7) is 12.3. The third-order valence-corrected chi connectivity index (χ3v) is 4.91. The lowest BCUT2D eigenvalue weighted by Crippen LogP contribution is -2.25. The van der Waals surface area contributed by atoms with Crippen LogP contribution in [0.3, 0.4) is 0 Å². The first-order valence-corrected chi connectivity index (χ1v) is 8.51. The molecule has 0 saturated carbocycles. The monoisotopic (exact) mass is 301 g/mol. The highest BCUT2D eigenvalue weighted by molar-refractivity contribution is 7.12. The minimum absolute atomic E-state index is 0.314. The smallest absolute Gasteiger partial charge is 0.0328 e. The summed E-state index contributed by atoms with van der Waals surface area (Å²) < 4.78 is 0. The zero-order chi connectivity index (χ0) is 15.5. The minimum Gasteiger partial charge on any atom is -0.305 e. The molecule has 21 heavy (non-hydrogen) atoms. The molecule has 0 bridgehead atoms. The van der Waals surface area contributed by atoms with Crippen molar-refractivity contribution >= 4 is 11.3 Å². The van der Waals surface area contributed by atoms with Gasteiger partial charge in [-0.3, -0.25) is 0 Å². The SMILES string of the molecule is Cc1cc(CNC(CC(C)(C)C)c2ccccc2)sc1C. The molecule has 1 aromatic heterocycles. The average Bonchev–Trinajstić information content (AvgIpc) is 2.73. The van der Waals surface area contributed by atoms with E-state index in [0.29, 0.717) is 11.5 Å². The molecule has 0 radical (unpaired) electrons. The van der Waals surface area contributed by atoms with Gasteiger partial charge in [0.15, 0.2) is 0 Å². The van der Waals surface area contributed by atoms with Gasteiger partial charge >= 0.3 is 0 Å². The quantitative estimate of drug-likeness (QED) is 0.754. The zero-order valence-electron chi connectivity index (χ0n) is 13.9. The van der Waals surface area contributed by atoms with Gasteiger partial charge in [-0.1, -0.05) is 51.1 Å². The molecular weight excluding hydrogens is 274 g/mol. The molecule has 1 nitrogen and oxygen atoms in total. The Morgan fingerprint density at radius 3 is 2.29 bits per heavy atom. The molecule has 0 saturated heterocycles. The van der Waals surface area contributed by atoms with Gasteiger partial charge in [0.05, 0.1) is 0 Å². The zero-order valence-corrected chi connectivity index (χ0v) is 14.7. The maximum atomic E-state index is 3.76. The van der Waals surface area contributed by atoms with Gasteiger partial charge in [-0.25, -0.2) is 0 Å². The van der Waals surface area contributed by atoms with Gasteiger partial charge in [-0.15, -0.1) is 11.3 Å². The lowest BCUT2D eigenvalue weighted by molar-refractivity contribution is 0.310. The van der Waals surface area contributed by atoms with Crippen molar-refractivity contribution in [2.24, 2.45) is 5.41 Å². The van der Waals surface area contributed by atoms with E-state index in [0.717, 1.165) is 13.0 Å². The number of hydrogen-bond donors (Lipinski definition) is 1. The summed E-state index contributed by atoms with van der Waals surface area (Å²) >= 11 is 1.91. The minimum atomic E-state index is 0.314. The molecule has 1 aromatic carbocycles. The molecule has 2 aromatic rings. The third kappa shape index (κ3) is 4.98. The topological polar surface area (TPSA) is 12.0 Å². The molecule has 2 heteroatoms. The number of benzene rings is 1. The highest BCUT2D eigenvalue weighted by Crippen LogP contribution is 2.30. The second-order valence-electron chi connectivity index (χ2n) is 7.06. The van der Waals surface area contributed by atoms with Crippen LogP contribution in [0, 0.1) is 19.3 Å². The van der Waals surface area contributed by atoms with Crippen molar-refractivity contribution in [1.29, 1.82) is 0 Å². The summed E-state index contributed by atoms with van der Waals surface area (Å²) in [7, 11) is 0. The standard InChI is InChI=1S/C19H27NS/c1-14-11-17(21-15(14)2)13-20-18(12-19(3,4)5)16-9-7-6-8-10-16/h6-11,18,20H,12-13H2,1-5H3. The van der Waals surface area contributed by atoms with Crippen LogP contribution in [-0.2, 0) is 6.54 Å². The number of rotatable bonds is 5. The van der Waals surface area contributed by atoms with E-state index in [9.17, 15) is 0 Å². The predicted octanol–water partition coefficient (Wildman–Crippen LogP) is 5.63. The molecular formula is C19H27NS. The molecule has 0 aliphatic rings. The molecule has 1 N–H and O–H groups in total. The van der Waals surface area contributed by atoms with E-state index in [1.54, 1.807) is 0 Å². The maximum Gasteiger partial charge on any atom is 0.0328 e. The Hall–Kier alpha value is -1.12. The third-order valence-electron chi connectivity index (χ3n) is 3.76. The first-order valence-electron chi connectivity index (χ1n) is 7.69. The van der Waals surface area contributed by atoms with Gasteiger partial charge in [-0.05, 0) is 42.9 Å².